The molecule has 2 N–H and O–H groups in total. The van der Waals surface area contributed by atoms with Crippen molar-refractivity contribution in [3.8, 4) is 0 Å². The Labute approximate surface area is 192 Å². The van der Waals surface area contributed by atoms with E-state index in [1.807, 2.05) is 72.8 Å². The number of benzene rings is 3. The van der Waals surface area contributed by atoms with Gasteiger partial charge < -0.3 is 15.1 Å². The number of rotatable bonds is 8. The molecule has 0 radical (unpaired) electrons. The Morgan fingerprint density at radius 3 is 1.91 bits per heavy atom. The second kappa shape index (κ2) is 10.4. The average Bonchev–Trinajstić information content (AvgIpc) is 2.85. The number of aliphatic hydroxyl groups excluding tert-OH is 1. The van der Waals surface area contributed by atoms with Gasteiger partial charge >= 0.3 is 0 Å². The molecule has 4 rings (SSSR count). The molecule has 1 heterocycles. The Kier molecular flexibility index (Phi) is 7.41. The van der Waals surface area contributed by atoms with Crippen LogP contribution >= 0.6 is 0 Å². The molecule has 0 unspecified atom stereocenters. The molecule has 1 aliphatic heterocycles. The van der Waals surface area contributed by atoms with E-state index in [2.05, 4.69) is 24.0 Å². The van der Waals surface area contributed by atoms with Crippen molar-refractivity contribution < 1.29 is 10.2 Å². The summed E-state index contributed by atoms with van der Waals surface area (Å²) < 4.78 is 0. The van der Waals surface area contributed by atoms with Crippen molar-refractivity contribution >= 4 is 0 Å². The van der Waals surface area contributed by atoms with Gasteiger partial charge in [-0.05, 0) is 74.8 Å². The van der Waals surface area contributed by atoms with Crippen LogP contribution in [0.2, 0.25) is 0 Å². The highest BCUT2D eigenvalue weighted by atomic mass is 16.3. The Hall–Kier alpha value is -2.46. The third-order valence-electron chi connectivity index (χ3n) is 7.02. The summed E-state index contributed by atoms with van der Waals surface area (Å²) in [6.07, 6.45) is 3.28. The number of hydrogen-bond acceptors (Lipinski definition) is 3. The highest BCUT2D eigenvalue weighted by Gasteiger charge is 2.41. The van der Waals surface area contributed by atoms with Gasteiger partial charge in [-0.15, -0.1) is 0 Å². The molecule has 1 fully saturated rings. The molecular weight excluding hydrogens is 394 g/mol. The van der Waals surface area contributed by atoms with Gasteiger partial charge in [0.15, 0.2) is 0 Å². The Morgan fingerprint density at radius 1 is 0.844 bits per heavy atom. The summed E-state index contributed by atoms with van der Waals surface area (Å²) in [4.78, 5) is 2.48. The van der Waals surface area contributed by atoms with E-state index in [9.17, 15) is 10.2 Å². The molecule has 32 heavy (non-hydrogen) atoms. The smallest absolute Gasteiger partial charge is 0.117 e. The molecular formula is C29H35NO2. The van der Waals surface area contributed by atoms with Gasteiger partial charge in [0.1, 0.15) is 5.60 Å². The second-order valence-electron chi connectivity index (χ2n) is 9.18. The summed E-state index contributed by atoms with van der Waals surface area (Å²) in [5, 5.41) is 22.5. The Bertz CT molecular complexity index is 908. The predicted molar refractivity (Wildman–Crippen MR) is 130 cm³/mol. The van der Waals surface area contributed by atoms with Crippen molar-refractivity contribution in [2.75, 3.05) is 19.6 Å². The van der Waals surface area contributed by atoms with Crippen molar-refractivity contribution in [3.63, 3.8) is 0 Å². The van der Waals surface area contributed by atoms with E-state index in [0.29, 0.717) is 0 Å². The summed E-state index contributed by atoms with van der Waals surface area (Å²) in [7, 11) is 0. The maximum atomic E-state index is 12.0. The molecule has 168 valence electrons. The minimum atomic E-state index is -0.962. The zero-order valence-corrected chi connectivity index (χ0v) is 19.0. The van der Waals surface area contributed by atoms with Crippen LogP contribution in [0, 0.1) is 12.8 Å². The maximum Gasteiger partial charge on any atom is 0.117 e. The van der Waals surface area contributed by atoms with E-state index >= 15 is 0 Å². The summed E-state index contributed by atoms with van der Waals surface area (Å²) in [6, 6.07) is 28.4. The van der Waals surface area contributed by atoms with Crippen LogP contribution < -0.4 is 0 Å². The highest BCUT2D eigenvalue weighted by Crippen LogP contribution is 2.41. The molecule has 3 nitrogen and oxygen atoms in total. The zero-order valence-electron chi connectivity index (χ0n) is 19.0. The monoisotopic (exact) mass is 429 g/mol. The minimum absolute atomic E-state index is 0.182. The van der Waals surface area contributed by atoms with E-state index in [0.717, 1.165) is 62.0 Å². The average molecular weight is 430 g/mol. The third-order valence-corrected chi connectivity index (χ3v) is 7.02. The molecule has 0 saturated carbocycles. The summed E-state index contributed by atoms with van der Waals surface area (Å²) in [5.74, 6) is 0.182. The van der Waals surface area contributed by atoms with Gasteiger partial charge in [-0.1, -0.05) is 90.5 Å². The fourth-order valence-electron chi connectivity index (χ4n) is 5.06. The summed E-state index contributed by atoms with van der Waals surface area (Å²) >= 11 is 0. The molecule has 1 atom stereocenters. The van der Waals surface area contributed by atoms with Crippen molar-refractivity contribution in [1.82, 2.24) is 4.90 Å². The van der Waals surface area contributed by atoms with Crippen LogP contribution in [-0.2, 0) is 5.60 Å². The van der Waals surface area contributed by atoms with Crippen LogP contribution in [0.15, 0.2) is 84.9 Å². The topological polar surface area (TPSA) is 43.7 Å². The molecule has 1 aliphatic rings. The number of hydrogen-bond donors (Lipinski definition) is 2. The Balaban J connectivity index is 1.35. The SMILES string of the molecule is Cc1ccc([C@@H](O)CCCN2CCC(C(O)(c3ccccc3)c3ccccc3)CC2)cc1. The van der Waals surface area contributed by atoms with E-state index in [4.69, 9.17) is 0 Å². The number of aryl methyl sites for hydroxylation is 1. The molecule has 1 saturated heterocycles. The van der Waals surface area contributed by atoms with Crippen molar-refractivity contribution in [2.45, 2.75) is 44.3 Å². The largest absolute Gasteiger partial charge is 0.388 e. The van der Waals surface area contributed by atoms with E-state index in [1.54, 1.807) is 0 Å². The van der Waals surface area contributed by atoms with Gasteiger partial charge in [0.2, 0.25) is 0 Å². The van der Waals surface area contributed by atoms with E-state index in [-0.39, 0.29) is 5.92 Å². The molecule has 3 aromatic carbocycles. The Morgan fingerprint density at radius 2 is 1.38 bits per heavy atom. The lowest BCUT2D eigenvalue weighted by atomic mass is 9.72. The van der Waals surface area contributed by atoms with Crippen molar-refractivity contribution in [1.29, 1.82) is 0 Å². The first-order valence-corrected chi connectivity index (χ1v) is 11.9. The number of likely N-dealkylation sites (tertiary alicyclic amines) is 1. The molecule has 0 bridgehead atoms. The minimum Gasteiger partial charge on any atom is -0.388 e. The fourth-order valence-corrected chi connectivity index (χ4v) is 5.06. The van der Waals surface area contributed by atoms with Crippen LogP contribution in [0.4, 0.5) is 0 Å². The lowest BCUT2D eigenvalue weighted by Crippen LogP contribution is -2.44. The van der Waals surface area contributed by atoms with Gasteiger partial charge in [0.25, 0.3) is 0 Å². The number of nitrogens with zero attached hydrogens (tertiary/aromatic N) is 1. The molecule has 0 amide bonds. The maximum absolute atomic E-state index is 12.0. The van der Waals surface area contributed by atoms with Crippen LogP contribution in [0.25, 0.3) is 0 Å². The normalized spacial score (nSPS) is 16.7. The first-order chi connectivity index (χ1) is 15.6. The van der Waals surface area contributed by atoms with Crippen LogP contribution in [0.5, 0.6) is 0 Å². The van der Waals surface area contributed by atoms with Crippen molar-refractivity contribution in [3.05, 3.63) is 107 Å². The quantitative estimate of drug-likeness (QED) is 0.500. The standard InChI is InChI=1S/C29H35NO2/c1-23-14-16-24(17-15-23)28(31)13-8-20-30-21-18-27(19-22-30)29(32,25-9-4-2-5-10-25)26-11-6-3-7-12-26/h2-7,9-12,14-17,27-28,31-32H,8,13,18-22H2,1H3/t28-/m0/s1. The third kappa shape index (κ3) is 5.12. The summed E-state index contributed by atoms with van der Waals surface area (Å²) in [6.45, 7) is 5.02. The number of piperidine rings is 1. The van der Waals surface area contributed by atoms with Gasteiger partial charge in [-0.25, -0.2) is 0 Å². The predicted octanol–water partition coefficient (Wildman–Crippen LogP) is 5.46. The van der Waals surface area contributed by atoms with Gasteiger partial charge in [-0.3, -0.25) is 0 Å². The van der Waals surface area contributed by atoms with E-state index < -0.39 is 11.7 Å². The second-order valence-corrected chi connectivity index (χ2v) is 9.18. The van der Waals surface area contributed by atoms with Crippen LogP contribution in [0.3, 0.4) is 0 Å². The van der Waals surface area contributed by atoms with E-state index in [1.165, 1.54) is 5.56 Å². The number of aliphatic hydroxyl groups is 2. The van der Waals surface area contributed by atoms with Crippen LogP contribution in [0.1, 0.15) is 54.0 Å². The fraction of sp³-hybridized carbons (Fsp3) is 0.379. The lowest BCUT2D eigenvalue weighted by molar-refractivity contribution is -0.0146. The first kappa shape index (κ1) is 22.7. The summed E-state index contributed by atoms with van der Waals surface area (Å²) in [5.41, 5.74) is 3.22. The van der Waals surface area contributed by atoms with Crippen LogP contribution in [-0.4, -0.2) is 34.7 Å². The van der Waals surface area contributed by atoms with Crippen molar-refractivity contribution in [2.24, 2.45) is 5.92 Å². The van der Waals surface area contributed by atoms with Gasteiger partial charge in [0.05, 0.1) is 6.10 Å². The highest BCUT2D eigenvalue weighted by molar-refractivity contribution is 5.37. The first-order valence-electron chi connectivity index (χ1n) is 11.9. The molecule has 0 aromatic heterocycles. The molecule has 3 heteroatoms. The van der Waals surface area contributed by atoms with Gasteiger partial charge in [0, 0.05) is 0 Å². The van der Waals surface area contributed by atoms with Gasteiger partial charge in [-0.2, -0.15) is 0 Å². The lowest BCUT2D eigenvalue weighted by Gasteiger charge is -2.42. The zero-order chi connectivity index (χ0) is 22.4. The molecule has 0 spiro atoms. The molecule has 3 aromatic rings. The molecule has 0 aliphatic carbocycles.